The van der Waals surface area contributed by atoms with Crippen LogP contribution in [0, 0.1) is 11.3 Å². The summed E-state index contributed by atoms with van der Waals surface area (Å²) in [6, 6.07) is 14.4. The third-order valence-corrected chi connectivity index (χ3v) is 3.28. The van der Waals surface area contributed by atoms with Crippen molar-refractivity contribution in [1.29, 1.82) is 5.26 Å². The number of hydrogen-bond donors (Lipinski definition) is 2. The predicted octanol–water partition coefficient (Wildman–Crippen LogP) is 2.49. The number of nitrogens with zero attached hydrogens (tertiary/aromatic N) is 1. The van der Waals surface area contributed by atoms with Gasteiger partial charge in [-0.1, -0.05) is 18.2 Å². The summed E-state index contributed by atoms with van der Waals surface area (Å²) in [5.74, 6) is -0.755. The second-order valence-corrected chi connectivity index (χ2v) is 5.07. The number of ether oxygens (including phenoxy) is 2. The Labute approximate surface area is 150 Å². The number of nitriles is 1. The van der Waals surface area contributed by atoms with Crippen molar-refractivity contribution in [3.8, 4) is 17.6 Å². The molecule has 2 aromatic carbocycles. The van der Waals surface area contributed by atoms with E-state index < -0.39 is 11.9 Å². The molecule has 0 radical (unpaired) electrons. The van der Waals surface area contributed by atoms with Gasteiger partial charge in [0.25, 0.3) is 5.91 Å². The van der Waals surface area contributed by atoms with Gasteiger partial charge in [0.05, 0.1) is 7.11 Å². The molecule has 132 valence electrons. The number of hydrogen-bond acceptors (Lipinski definition) is 6. The number of methoxy groups -OCH3 is 1. The summed E-state index contributed by atoms with van der Waals surface area (Å²) in [6.07, 6.45) is 1.36. The minimum atomic E-state index is -0.610. The number of esters is 1. The van der Waals surface area contributed by atoms with Gasteiger partial charge in [-0.3, -0.25) is 4.79 Å². The van der Waals surface area contributed by atoms with Crippen LogP contribution in [0.3, 0.4) is 0 Å². The van der Waals surface area contributed by atoms with Crippen LogP contribution in [0.4, 0.5) is 5.69 Å². The number of benzene rings is 2. The first-order chi connectivity index (χ1) is 12.5. The lowest BCUT2D eigenvalue weighted by Gasteiger charge is -2.09. The first kappa shape index (κ1) is 18.5. The zero-order valence-corrected chi connectivity index (χ0v) is 13.9. The molecule has 2 aromatic rings. The first-order valence-electron chi connectivity index (χ1n) is 7.54. The number of rotatable bonds is 6. The summed E-state index contributed by atoms with van der Waals surface area (Å²) in [5.41, 5.74) is 0.755. The molecular formula is C19H16N2O5. The Bertz CT molecular complexity index is 866. The summed E-state index contributed by atoms with van der Waals surface area (Å²) < 4.78 is 9.87. The van der Waals surface area contributed by atoms with Crippen LogP contribution in [-0.4, -0.2) is 30.7 Å². The average molecular weight is 352 g/mol. The van der Waals surface area contributed by atoms with Crippen molar-refractivity contribution in [3.05, 3.63) is 59.7 Å². The zero-order chi connectivity index (χ0) is 18.9. The molecule has 26 heavy (non-hydrogen) atoms. The molecule has 0 bridgehead atoms. The van der Waals surface area contributed by atoms with Crippen molar-refractivity contribution in [2.24, 2.45) is 0 Å². The Hall–Kier alpha value is -3.79. The molecule has 2 rings (SSSR count). The van der Waals surface area contributed by atoms with Crippen LogP contribution >= 0.6 is 0 Å². The minimum Gasteiger partial charge on any atom is -0.508 e. The monoisotopic (exact) mass is 352 g/mol. The van der Waals surface area contributed by atoms with Crippen LogP contribution < -0.4 is 10.1 Å². The number of amides is 1. The van der Waals surface area contributed by atoms with E-state index >= 15 is 0 Å². The maximum absolute atomic E-state index is 12.3. The largest absolute Gasteiger partial charge is 0.508 e. The van der Waals surface area contributed by atoms with Gasteiger partial charge < -0.3 is 19.9 Å². The smallest absolute Gasteiger partial charge is 0.343 e. The lowest BCUT2D eigenvalue weighted by Crippen LogP contribution is -2.14. The van der Waals surface area contributed by atoms with Gasteiger partial charge in [0.1, 0.15) is 23.1 Å². The van der Waals surface area contributed by atoms with E-state index in [0.29, 0.717) is 17.0 Å². The van der Waals surface area contributed by atoms with Crippen molar-refractivity contribution in [3.63, 3.8) is 0 Å². The second kappa shape index (κ2) is 8.89. The average Bonchev–Trinajstić information content (AvgIpc) is 2.66. The number of carbonyl (C=O) groups excluding carboxylic acids is 2. The number of phenols is 1. The highest BCUT2D eigenvalue weighted by atomic mass is 16.6. The topological polar surface area (TPSA) is 109 Å². The van der Waals surface area contributed by atoms with Gasteiger partial charge in [-0.25, -0.2) is 4.79 Å². The highest BCUT2D eigenvalue weighted by molar-refractivity contribution is 6.09. The Morgan fingerprint density at radius 3 is 2.54 bits per heavy atom. The number of carbonyl (C=O) groups is 2. The van der Waals surface area contributed by atoms with Gasteiger partial charge in [0.15, 0.2) is 6.61 Å². The summed E-state index contributed by atoms with van der Waals surface area (Å²) in [6.45, 7) is -0.289. The normalized spacial score (nSPS) is 10.5. The molecule has 0 saturated heterocycles. The minimum absolute atomic E-state index is 0.0655. The van der Waals surface area contributed by atoms with Crippen LogP contribution in [0.25, 0.3) is 6.08 Å². The molecule has 0 aliphatic rings. The Morgan fingerprint density at radius 2 is 1.88 bits per heavy atom. The molecule has 0 spiro atoms. The number of aromatic hydroxyl groups is 1. The van der Waals surface area contributed by atoms with E-state index in [2.05, 4.69) is 10.1 Å². The SMILES string of the molecule is COC(=O)COc1ccccc1/C=C(\C#N)C(=O)Nc1ccc(O)cc1. The molecule has 0 saturated carbocycles. The van der Waals surface area contributed by atoms with Crippen molar-refractivity contribution in [2.75, 3.05) is 19.0 Å². The van der Waals surface area contributed by atoms with Crippen LogP contribution in [0.5, 0.6) is 11.5 Å². The highest BCUT2D eigenvalue weighted by Gasteiger charge is 2.12. The third-order valence-electron chi connectivity index (χ3n) is 3.28. The number of anilines is 1. The molecule has 0 unspecified atom stereocenters. The van der Waals surface area contributed by atoms with Crippen molar-refractivity contribution in [1.82, 2.24) is 0 Å². The number of phenolic OH excluding ortho intramolecular Hbond substituents is 1. The lowest BCUT2D eigenvalue weighted by molar-refractivity contribution is -0.142. The standard InChI is InChI=1S/C19H16N2O5/c1-25-18(23)12-26-17-5-3-2-4-13(17)10-14(11-20)19(24)21-15-6-8-16(22)9-7-15/h2-10,22H,12H2,1H3,(H,21,24)/b14-10+. The van der Waals surface area contributed by atoms with Crippen LogP contribution in [0.15, 0.2) is 54.1 Å². The lowest BCUT2D eigenvalue weighted by atomic mass is 10.1. The van der Waals surface area contributed by atoms with E-state index in [1.165, 1.54) is 37.5 Å². The number of nitrogens with one attached hydrogen (secondary N) is 1. The van der Waals surface area contributed by atoms with E-state index in [1.54, 1.807) is 24.3 Å². The van der Waals surface area contributed by atoms with E-state index in [4.69, 9.17) is 4.74 Å². The second-order valence-electron chi connectivity index (χ2n) is 5.07. The van der Waals surface area contributed by atoms with Gasteiger partial charge in [-0.05, 0) is 36.4 Å². The summed E-state index contributed by atoms with van der Waals surface area (Å²) >= 11 is 0. The maximum atomic E-state index is 12.3. The molecule has 0 heterocycles. The quantitative estimate of drug-likeness (QED) is 0.358. The van der Waals surface area contributed by atoms with Crippen LogP contribution in [-0.2, 0) is 14.3 Å². The highest BCUT2D eigenvalue weighted by Crippen LogP contribution is 2.22. The molecule has 7 nitrogen and oxygen atoms in total. The molecule has 0 aliphatic heterocycles. The van der Waals surface area contributed by atoms with Gasteiger partial charge >= 0.3 is 5.97 Å². The Balaban J connectivity index is 2.20. The van der Waals surface area contributed by atoms with Crippen molar-refractivity contribution >= 4 is 23.6 Å². The zero-order valence-electron chi connectivity index (χ0n) is 13.9. The number of para-hydroxylation sites is 1. The van der Waals surface area contributed by atoms with E-state index in [1.807, 2.05) is 6.07 Å². The molecule has 7 heteroatoms. The molecule has 0 aromatic heterocycles. The summed E-state index contributed by atoms with van der Waals surface area (Å²) in [7, 11) is 1.25. The van der Waals surface area contributed by atoms with Gasteiger partial charge in [-0.15, -0.1) is 0 Å². The van der Waals surface area contributed by atoms with E-state index in [0.717, 1.165) is 0 Å². The van der Waals surface area contributed by atoms with Gasteiger partial charge in [-0.2, -0.15) is 5.26 Å². The van der Waals surface area contributed by atoms with Gasteiger partial charge in [0, 0.05) is 11.3 Å². The van der Waals surface area contributed by atoms with Crippen LogP contribution in [0.2, 0.25) is 0 Å². The maximum Gasteiger partial charge on any atom is 0.343 e. The van der Waals surface area contributed by atoms with Crippen LogP contribution in [0.1, 0.15) is 5.56 Å². The molecular weight excluding hydrogens is 336 g/mol. The third kappa shape index (κ3) is 5.11. The summed E-state index contributed by atoms with van der Waals surface area (Å²) in [4.78, 5) is 23.5. The van der Waals surface area contributed by atoms with E-state index in [9.17, 15) is 20.0 Å². The van der Waals surface area contributed by atoms with Gasteiger partial charge in [0.2, 0.25) is 0 Å². The van der Waals surface area contributed by atoms with E-state index in [-0.39, 0.29) is 17.9 Å². The molecule has 0 atom stereocenters. The Morgan fingerprint density at radius 1 is 1.19 bits per heavy atom. The molecule has 1 amide bonds. The predicted molar refractivity (Wildman–Crippen MR) is 94.3 cm³/mol. The fraction of sp³-hybridized carbons (Fsp3) is 0.105. The van der Waals surface area contributed by atoms with Crippen molar-refractivity contribution in [2.45, 2.75) is 0 Å². The summed E-state index contributed by atoms with van der Waals surface area (Å²) in [5, 5.41) is 21.1. The molecule has 0 aliphatic carbocycles. The molecule has 0 fully saturated rings. The van der Waals surface area contributed by atoms with Crippen molar-refractivity contribution < 1.29 is 24.2 Å². The Kier molecular flexibility index (Phi) is 6.34. The fourth-order valence-corrected chi connectivity index (χ4v) is 1.97. The first-order valence-corrected chi connectivity index (χ1v) is 7.54. The molecule has 2 N–H and O–H groups in total. The fourth-order valence-electron chi connectivity index (χ4n) is 1.97.